The van der Waals surface area contributed by atoms with E-state index in [9.17, 15) is 0 Å². The molecule has 0 bridgehead atoms. The van der Waals surface area contributed by atoms with Crippen LogP contribution in [-0.2, 0) is 6.54 Å². The first-order valence-corrected chi connectivity index (χ1v) is 6.79. The first-order valence-electron chi connectivity index (χ1n) is 6.79. The maximum atomic E-state index is 4.86. The Bertz CT molecular complexity index is 321. The van der Waals surface area contributed by atoms with Crippen molar-refractivity contribution in [2.24, 2.45) is 17.8 Å². The topological polar surface area (TPSA) is 38.1 Å². The lowest BCUT2D eigenvalue weighted by Crippen LogP contribution is -2.42. The average molecular weight is 236 g/mol. The zero-order chi connectivity index (χ0) is 12.3. The van der Waals surface area contributed by atoms with Crippen LogP contribution in [0.5, 0.6) is 0 Å². The normalized spacial score (nSPS) is 29.8. The smallest absolute Gasteiger partial charge is 0.124 e. The van der Waals surface area contributed by atoms with Crippen LogP contribution in [0, 0.1) is 17.8 Å². The summed E-state index contributed by atoms with van der Waals surface area (Å²) >= 11 is 0. The summed E-state index contributed by atoms with van der Waals surface area (Å²) in [4.78, 5) is 0. The Morgan fingerprint density at radius 3 is 2.94 bits per heavy atom. The Kier molecular flexibility index (Phi) is 4.21. The summed E-state index contributed by atoms with van der Waals surface area (Å²) in [5.74, 6) is 2.41. The number of hydrogen-bond donors (Lipinski definition) is 1. The predicted octanol–water partition coefficient (Wildman–Crippen LogP) is 3.23. The Balaban J connectivity index is 1.90. The molecular formula is C14H24N2O. The molecule has 1 heterocycles. The summed E-state index contributed by atoms with van der Waals surface area (Å²) in [6.07, 6.45) is 5.67. The zero-order valence-corrected chi connectivity index (χ0v) is 11.1. The van der Waals surface area contributed by atoms with Gasteiger partial charge in [0.25, 0.3) is 0 Å². The molecule has 3 heteroatoms. The molecule has 0 saturated heterocycles. The second-order valence-corrected chi connectivity index (χ2v) is 5.80. The molecule has 3 unspecified atom stereocenters. The van der Waals surface area contributed by atoms with Gasteiger partial charge >= 0.3 is 0 Å². The highest BCUT2D eigenvalue weighted by atomic mass is 16.5. The highest BCUT2D eigenvalue weighted by Crippen LogP contribution is 2.33. The quantitative estimate of drug-likeness (QED) is 0.872. The van der Waals surface area contributed by atoms with Gasteiger partial charge in [-0.1, -0.05) is 32.3 Å². The maximum absolute atomic E-state index is 4.86. The van der Waals surface area contributed by atoms with Gasteiger partial charge in [0, 0.05) is 18.7 Å². The van der Waals surface area contributed by atoms with Crippen molar-refractivity contribution in [2.75, 3.05) is 0 Å². The van der Waals surface area contributed by atoms with Crippen molar-refractivity contribution in [1.29, 1.82) is 0 Å². The zero-order valence-electron chi connectivity index (χ0n) is 11.1. The number of nitrogens with zero attached hydrogens (tertiary/aromatic N) is 1. The molecule has 1 saturated carbocycles. The van der Waals surface area contributed by atoms with E-state index in [1.807, 2.05) is 6.07 Å². The van der Waals surface area contributed by atoms with E-state index in [0.29, 0.717) is 6.04 Å². The molecule has 0 radical (unpaired) electrons. The molecule has 2 rings (SSSR count). The fourth-order valence-electron chi connectivity index (χ4n) is 3.00. The molecule has 1 fully saturated rings. The predicted molar refractivity (Wildman–Crippen MR) is 68.5 cm³/mol. The fraction of sp³-hybridized carbons (Fsp3) is 0.786. The number of rotatable bonds is 4. The molecule has 1 N–H and O–H groups in total. The lowest BCUT2D eigenvalue weighted by molar-refractivity contribution is 0.168. The van der Waals surface area contributed by atoms with Crippen LogP contribution in [0.25, 0.3) is 0 Å². The minimum atomic E-state index is 0.635. The molecule has 17 heavy (non-hydrogen) atoms. The van der Waals surface area contributed by atoms with Crippen LogP contribution in [0.3, 0.4) is 0 Å². The number of hydrogen-bond acceptors (Lipinski definition) is 3. The number of aromatic nitrogens is 1. The third-order valence-electron chi connectivity index (χ3n) is 4.06. The lowest BCUT2D eigenvalue weighted by atomic mass is 9.74. The Morgan fingerprint density at radius 1 is 1.47 bits per heavy atom. The molecule has 1 aliphatic carbocycles. The number of nitrogens with one attached hydrogen (secondary N) is 1. The van der Waals surface area contributed by atoms with E-state index in [0.717, 1.165) is 30.0 Å². The summed E-state index contributed by atoms with van der Waals surface area (Å²) in [7, 11) is 0. The standard InChI is InChI=1S/C14H24N2O/c1-10(2)13-5-4-11(3)8-14(13)15-9-12-6-7-17-16-12/h6-7,10-11,13-15H,4-5,8-9H2,1-3H3. The van der Waals surface area contributed by atoms with Crippen molar-refractivity contribution >= 4 is 0 Å². The van der Waals surface area contributed by atoms with Crippen molar-refractivity contribution in [1.82, 2.24) is 10.5 Å². The molecule has 3 nitrogen and oxygen atoms in total. The van der Waals surface area contributed by atoms with Gasteiger partial charge in [-0.2, -0.15) is 0 Å². The third-order valence-corrected chi connectivity index (χ3v) is 4.06. The van der Waals surface area contributed by atoms with Crippen LogP contribution < -0.4 is 5.32 Å². The van der Waals surface area contributed by atoms with E-state index in [2.05, 4.69) is 31.2 Å². The lowest BCUT2D eigenvalue weighted by Gasteiger charge is -2.37. The first-order chi connectivity index (χ1) is 8.16. The van der Waals surface area contributed by atoms with Gasteiger partial charge in [-0.25, -0.2) is 0 Å². The van der Waals surface area contributed by atoms with Crippen LogP contribution in [-0.4, -0.2) is 11.2 Å². The highest BCUT2D eigenvalue weighted by Gasteiger charge is 2.30. The van der Waals surface area contributed by atoms with Gasteiger partial charge in [0.15, 0.2) is 0 Å². The molecule has 1 aliphatic rings. The summed E-state index contributed by atoms with van der Waals surface area (Å²) in [5.41, 5.74) is 1.01. The average Bonchev–Trinajstić information content (AvgIpc) is 2.78. The molecule has 0 amide bonds. The highest BCUT2D eigenvalue weighted by molar-refractivity contribution is 4.96. The minimum Gasteiger partial charge on any atom is -0.364 e. The van der Waals surface area contributed by atoms with E-state index in [1.165, 1.54) is 19.3 Å². The van der Waals surface area contributed by atoms with Crippen molar-refractivity contribution in [3.8, 4) is 0 Å². The summed E-state index contributed by atoms with van der Waals surface area (Å²) in [6.45, 7) is 7.87. The van der Waals surface area contributed by atoms with E-state index < -0.39 is 0 Å². The molecule has 1 aromatic rings. The molecule has 0 aliphatic heterocycles. The maximum Gasteiger partial charge on any atom is 0.124 e. The molecule has 0 aromatic carbocycles. The second-order valence-electron chi connectivity index (χ2n) is 5.80. The monoisotopic (exact) mass is 236 g/mol. The Morgan fingerprint density at radius 2 is 2.29 bits per heavy atom. The van der Waals surface area contributed by atoms with Crippen LogP contribution in [0.4, 0.5) is 0 Å². The Hall–Kier alpha value is -0.830. The molecular weight excluding hydrogens is 212 g/mol. The first kappa shape index (κ1) is 12.6. The van der Waals surface area contributed by atoms with Crippen LogP contribution in [0.15, 0.2) is 16.9 Å². The van der Waals surface area contributed by atoms with Gasteiger partial charge in [-0.05, 0) is 30.6 Å². The van der Waals surface area contributed by atoms with Gasteiger partial charge < -0.3 is 9.84 Å². The third kappa shape index (κ3) is 3.32. The fourth-order valence-corrected chi connectivity index (χ4v) is 3.00. The Labute approximate surface area is 104 Å². The summed E-state index contributed by atoms with van der Waals surface area (Å²) in [6, 6.07) is 2.57. The second kappa shape index (κ2) is 5.67. The van der Waals surface area contributed by atoms with Crippen LogP contribution >= 0.6 is 0 Å². The van der Waals surface area contributed by atoms with E-state index in [1.54, 1.807) is 6.26 Å². The van der Waals surface area contributed by atoms with Crippen LogP contribution in [0.1, 0.15) is 45.7 Å². The summed E-state index contributed by atoms with van der Waals surface area (Å²) < 4.78 is 4.86. The van der Waals surface area contributed by atoms with Gasteiger partial charge in [0.05, 0.1) is 5.69 Å². The van der Waals surface area contributed by atoms with E-state index in [-0.39, 0.29) is 0 Å². The van der Waals surface area contributed by atoms with E-state index in [4.69, 9.17) is 4.52 Å². The van der Waals surface area contributed by atoms with Crippen molar-refractivity contribution < 1.29 is 4.52 Å². The largest absolute Gasteiger partial charge is 0.364 e. The van der Waals surface area contributed by atoms with E-state index >= 15 is 0 Å². The molecule has 3 atom stereocenters. The van der Waals surface area contributed by atoms with Gasteiger partial charge in [-0.15, -0.1) is 0 Å². The minimum absolute atomic E-state index is 0.635. The van der Waals surface area contributed by atoms with Crippen LogP contribution in [0.2, 0.25) is 0 Å². The van der Waals surface area contributed by atoms with Gasteiger partial charge in [0.2, 0.25) is 0 Å². The van der Waals surface area contributed by atoms with Gasteiger partial charge in [0.1, 0.15) is 6.26 Å². The van der Waals surface area contributed by atoms with Crippen molar-refractivity contribution in [3.05, 3.63) is 18.0 Å². The van der Waals surface area contributed by atoms with Crippen molar-refractivity contribution in [3.63, 3.8) is 0 Å². The van der Waals surface area contributed by atoms with Crippen molar-refractivity contribution in [2.45, 2.75) is 52.6 Å². The molecule has 96 valence electrons. The summed E-state index contributed by atoms with van der Waals surface area (Å²) in [5, 5.41) is 7.62. The molecule has 0 spiro atoms. The SMILES string of the molecule is CC1CCC(C(C)C)C(NCc2ccon2)C1. The molecule has 1 aromatic heterocycles. The van der Waals surface area contributed by atoms with Gasteiger partial charge in [-0.3, -0.25) is 0 Å².